The van der Waals surface area contributed by atoms with Gasteiger partial charge in [-0.3, -0.25) is 0 Å². The molecule has 0 amide bonds. The van der Waals surface area contributed by atoms with E-state index in [-0.39, 0.29) is 10.7 Å². The first-order chi connectivity index (χ1) is 6.66. The van der Waals surface area contributed by atoms with Crippen molar-refractivity contribution in [3.8, 4) is 10.7 Å². The molecule has 0 radical (unpaired) electrons. The monoisotopic (exact) mass is 288 g/mol. The lowest BCUT2D eigenvalue weighted by molar-refractivity contribution is 1.05. The summed E-state index contributed by atoms with van der Waals surface area (Å²) in [4.78, 5) is 11.7. The van der Waals surface area contributed by atoms with Gasteiger partial charge in [0.2, 0.25) is 10.7 Å². The van der Waals surface area contributed by atoms with Crippen LogP contribution in [0.4, 0.5) is 5.95 Å². The summed E-state index contributed by atoms with van der Waals surface area (Å²) in [6.45, 7) is 0. The Morgan fingerprint density at radius 3 is 2.86 bits per heavy atom. The molecule has 2 aromatic rings. The minimum absolute atomic E-state index is 0.247. The zero-order valence-electron chi connectivity index (χ0n) is 6.82. The molecule has 2 heterocycles. The van der Waals surface area contributed by atoms with E-state index in [0.29, 0.717) is 5.82 Å². The second kappa shape index (κ2) is 3.76. The quantitative estimate of drug-likeness (QED) is 0.792. The first-order valence-electron chi connectivity index (χ1n) is 3.64. The topological polar surface area (TPSA) is 67.6 Å². The van der Waals surface area contributed by atoms with E-state index in [4.69, 9.17) is 18.0 Å². The van der Waals surface area contributed by atoms with E-state index in [2.05, 4.69) is 30.9 Å². The van der Waals surface area contributed by atoms with Crippen molar-refractivity contribution in [2.24, 2.45) is 0 Å². The first-order valence-corrected chi connectivity index (χ1v) is 5.72. The molecule has 0 atom stereocenters. The molecule has 0 saturated heterocycles. The van der Waals surface area contributed by atoms with Crippen LogP contribution in [0, 0.1) is 4.77 Å². The lowest BCUT2D eigenvalue weighted by Gasteiger charge is -1.99. The number of H-pyrrole nitrogens is 1. The number of nitrogens with two attached hydrogens (primary N) is 1. The van der Waals surface area contributed by atoms with Crippen LogP contribution in [0.15, 0.2) is 15.9 Å². The van der Waals surface area contributed by atoms with E-state index in [1.165, 1.54) is 0 Å². The highest BCUT2D eigenvalue weighted by Gasteiger charge is 2.07. The van der Waals surface area contributed by atoms with Crippen LogP contribution in [0.1, 0.15) is 0 Å². The van der Waals surface area contributed by atoms with E-state index in [9.17, 15) is 0 Å². The van der Waals surface area contributed by atoms with Crippen molar-refractivity contribution in [2.45, 2.75) is 0 Å². The van der Waals surface area contributed by atoms with Gasteiger partial charge in [-0.1, -0.05) is 0 Å². The molecule has 0 bridgehead atoms. The molecule has 2 rings (SSSR count). The summed E-state index contributed by atoms with van der Waals surface area (Å²) in [5, 5.41) is 1.95. The molecule has 3 N–H and O–H groups in total. The van der Waals surface area contributed by atoms with E-state index in [0.717, 1.165) is 9.35 Å². The summed E-state index contributed by atoms with van der Waals surface area (Å²) in [6.07, 6.45) is 0. The van der Waals surface area contributed by atoms with Gasteiger partial charge in [0.25, 0.3) is 0 Å². The van der Waals surface area contributed by atoms with Gasteiger partial charge in [-0.15, -0.1) is 11.3 Å². The van der Waals surface area contributed by atoms with E-state index >= 15 is 0 Å². The van der Waals surface area contributed by atoms with Crippen molar-refractivity contribution in [2.75, 3.05) is 5.73 Å². The number of nitrogens with zero attached hydrogens (tertiary/aromatic N) is 2. The van der Waals surface area contributed by atoms with Crippen LogP contribution >= 0.6 is 39.5 Å². The maximum absolute atomic E-state index is 5.53. The van der Waals surface area contributed by atoms with Crippen LogP contribution in [0.3, 0.4) is 0 Å². The molecule has 7 heteroatoms. The van der Waals surface area contributed by atoms with Crippen LogP contribution in [-0.4, -0.2) is 15.0 Å². The Balaban J connectivity index is 2.63. The minimum Gasteiger partial charge on any atom is -0.369 e. The summed E-state index contributed by atoms with van der Waals surface area (Å²) >= 11 is 9.83. The highest BCUT2D eigenvalue weighted by atomic mass is 79.9. The molecule has 0 unspecified atom stereocenters. The van der Waals surface area contributed by atoms with E-state index in [1.807, 2.05) is 11.4 Å². The van der Waals surface area contributed by atoms with Gasteiger partial charge in [-0.05, 0) is 39.6 Å². The van der Waals surface area contributed by atoms with Crippen molar-refractivity contribution in [3.63, 3.8) is 0 Å². The molecule has 4 nitrogen and oxygen atoms in total. The number of aromatic nitrogens is 3. The van der Waals surface area contributed by atoms with Gasteiger partial charge in [-0.25, -0.2) is 0 Å². The molecule has 14 heavy (non-hydrogen) atoms. The third kappa shape index (κ3) is 1.84. The fourth-order valence-electron chi connectivity index (χ4n) is 0.971. The number of nitrogen functional groups attached to an aromatic ring is 1. The second-order valence-corrected chi connectivity index (χ2v) is 4.60. The lowest BCUT2D eigenvalue weighted by atomic mass is 10.4. The number of hydrogen-bond donors (Lipinski definition) is 2. The molecule has 0 aliphatic carbocycles. The standard InChI is InChI=1S/C7H5BrN4S2/c8-3-1-2-14-4(3)5-10-6(9)12-7(13)11-5/h1-2H,(H3,9,10,11,12,13). The fraction of sp³-hybridized carbons (Fsp3) is 0. The van der Waals surface area contributed by atoms with Crippen LogP contribution in [-0.2, 0) is 0 Å². The Kier molecular flexibility index (Phi) is 2.62. The number of rotatable bonds is 1. The maximum atomic E-state index is 5.53. The number of anilines is 1. The number of aromatic amines is 1. The Bertz CT molecular complexity index is 518. The molecule has 0 aliphatic heterocycles. The summed E-state index contributed by atoms with van der Waals surface area (Å²) in [7, 11) is 0. The van der Waals surface area contributed by atoms with Crippen molar-refractivity contribution in [1.82, 2.24) is 15.0 Å². The smallest absolute Gasteiger partial charge is 0.224 e. The minimum atomic E-state index is 0.247. The average Bonchev–Trinajstić information content (AvgIpc) is 2.49. The molecule has 0 aromatic carbocycles. The summed E-state index contributed by atoms with van der Waals surface area (Å²) in [6, 6.07) is 1.94. The lowest BCUT2D eigenvalue weighted by Crippen LogP contribution is -1.99. The second-order valence-electron chi connectivity index (χ2n) is 2.46. The maximum Gasteiger partial charge on any atom is 0.224 e. The zero-order chi connectivity index (χ0) is 10.1. The van der Waals surface area contributed by atoms with Crippen molar-refractivity contribution >= 4 is 45.4 Å². The third-order valence-electron chi connectivity index (χ3n) is 1.50. The largest absolute Gasteiger partial charge is 0.369 e. The summed E-state index contributed by atoms with van der Waals surface area (Å²) in [5.74, 6) is 0.921. The van der Waals surface area contributed by atoms with E-state index in [1.54, 1.807) is 11.3 Å². The van der Waals surface area contributed by atoms with Gasteiger partial charge in [0.05, 0.1) is 4.88 Å². The SMILES string of the molecule is Nc1nc(=S)nc(-c2sccc2Br)[nH]1. The molecule has 0 aliphatic rings. The number of hydrogen-bond acceptors (Lipinski definition) is 5. The summed E-state index contributed by atoms with van der Waals surface area (Å²) in [5.41, 5.74) is 5.53. The Labute approximate surface area is 97.4 Å². The van der Waals surface area contributed by atoms with Gasteiger partial charge in [0, 0.05) is 4.47 Å². The van der Waals surface area contributed by atoms with Gasteiger partial charge in [0.15, 0.2) is 5.82 Å². The van der Waals surface area contributed by atoms with Crippen LogP contribution in [0.25, 0.3) is 10.7 Å². The van der Waals surface area contributed by atoms with Gasteiger partial charge < -0.3 is 10.7 Å². The van der Waals surface area contributed by atoms with Crippen molar-refractivity contribution in [3.05, 3.63) is 20.7 Å². The van der Waals surface area contributed by atoms with Crippen LogP contribution < -0.4 is 5.73 Å². The highest BCUT2D eigenvalue weighted by Crippen LogP contribution is 2.30. The summed E-state index contributed by atoms with van der Waals surface area (Å²) < 4.78 is 1.21. The van der Waals surface area contributed by atoms with Crippen LogP contribution in [0.2, 0.25) is 0 Å². The van der Waals surface area contributed by atoms with E-state index < -0.39 is 0 Å². The normalized spacial score (nSPS) is 10.4. The molecule has 2 aromatic heterocycles. The van der Waals surface area contributed by atoms with Crippen LogP contribution in [0.5, 0.6) is 0 Å². The first kappa shape index (κ1) is 9.75. The predicted molar refractivity (Wildman–Crippen MR) is 62.6 cm³/mol. The van der Waals surface area contributed by atoms with Gasteiger partial charge in [-0.2, -0.15) is 9.97 Å². The molecule has 0 saturated carbocycles. The number of nitrogens with one attached hydrogen (secondary N) is 1. The Morgan fingerprint density at radius 2 is 2.29 bits per heavy atom. The highest BCUT2D eigenvalue weighted by molar-refractivity contribution is 9.10. The van der Waals surface area contributed by atoms with Gasteiger partial charge >= 0.3 is 0 Å². The Hall–Kier alpha value is -0.790. The van der Waals surface area contributed by atoms with Crippen molar-refractivity contribution in [1.29, 1.82) is 0 Å². The zero-order valence-corrected chi connectivity index (χ0v) is 10.0. The molecule has 0 fully saturated rings. The third-order valence-corrected chi connectivity index (χ3v) is 3.53. The number of halogens is 1. The molecular formula is C7H5BrN4S2. The fourth-order valence-corrected chi connectivity index (χ4v) is 2.67. The van der Waals surface area contributed by atoms with Gasteiger partial charge in [0.1, 0.15) is 0 Å². The average molecular weight is 289 g/mol. The Morgan fingerprint density at radius 1 is 1.50 bits per heavy atom. The van der Waals surface area contributed by atoms with Crippen molar-refractivity contribution < 1.29 is 0 Å². The molecule has 0 spiro atoms. The molecular weight excluding hydrogens is 284 g/mol. The molecule has 72 valence electrons. The number of thiophene rings is 1. The predicted octanol–water partition coefficient (Wildman–Crippen LogP) is 2.61.